The summed E-state index contributed by atoms with van der Waals surface area (Å²) in [5, 5.41) is 3.09. The average Bonchev–Trinajstić information content (AvgIpc) is 2.15. The van der Waals surface area contributed by atoms with E-state index in [9.17, 15) is 8.42 Å². The summed E-state index contributed by atoms with van der Waals surface area (Å²) >= 11 is 3.34. The molecule has 1 aromatic heterocycles. The Bertz CT molecular complexity index is 471. The minimum atomic E-state index is -3.08. The van der Waals surface area contributed by atoms with Crippen molar-refractivity contribution in [2.24, 2.45) is 0 Å². The first-order chi connectivity index (χ1) is 7.24. The quantitative estimate of drug-likeness (QED) is 0.925. The normalized spacial score (nSPS) is 12.5. The largest absolute Gasteiger partial charge is 0.382 e. The lowest BCUT2D eigenvalue weighted by molar-refractivity contribution is 0.560. The number of hydrogen-bond acceptors (Lipinski definition) is 4. The molecular formula is C10H15BrN2O2S. The van der Waals surface area contributed by atoms with Gasteiger partial charge in [-0.15, -0.1) is 0 Å². The van der Waals surface area contributed by atoms with Crippen LogP contribution in [0, 0.1) is 0 Å². The van der Waals surface area contributed by atoms with E-state index in [0.717, 1.165) is 10.2 Å². The highest BCUT2D eigenvalue weighted by Gasteiger charge is 2.29. The van der Waals surface area contributed by atoms with E-state index in [-0.39, 0.29) is 0 Å². The SMILES string of the molecule is CC(C)(CNc1ccncc1Br)S(C)(=O)=O. The summed E-state index contributed by atoms with van der Waals surface area (Å²) in [6.45, 7) is 3.75. The molecule has 0 aliphatic carbocycles. The summed E-state index contributed by atoms with van der Waals surface area (Å²) in [6, 6.07) is 1.79. The van der Waals surface area contributed by atoms with Crippen LogP contribution in [-0.4, -0.2) is 30.9 Å². The molecule has 4 nitrogen and oxygen atoms in total. The Morgan fingerprint density at radius 3 is 2.62 bits per heavy atom. The number of aromatic nitrogens is 1. The Labute approximate surface area is 105 Å². The molecule has 0 spiro atoms. The molecule has 0 saturated carbocycles. The van der Waals surface area contributed by atoms with Crippen LogP contribution in [0.15, 0.2) is 22.9 Å². The molecule has 0 aliphatic heterocycles. The fourth-order valence-electron chi connectivity index (χ4n) is 0.958. The summed E-state index contributed by atoms with van der Waals surface area (Å²) in [5.41, 5.74) is 0.840. The smallest absolute Gasteiger partial charge is 0.154 e. The third-order valence-electron chi connectivity index (χ3n) is 2.48. The predicted molar refractivity (Wildman–Crippen MR) is 69.3 cm³/mol. The van der Waals surface area contributed by atoms with Gasteiger partial charge in [0.25, 0.3) is 0 Å². The van der Waals surface area contributed by atoms with Crippen LogP contribution in [0.2, 0.25) is 0 Å². The first-order valence-electron chi connectivity index (χ1n) is 4.77. The number of pyridine rings is 1. The molecule has 0 radical (unpaired) electrons. The van der Waals surface area contributed by atoms with Gasteiger partial charge >= 0.3 is 0 Å². The molecule has 0 amide bonds. The third kappa shape index (κ3) is 3.18. The molecule has 0 aliphatic rings. The van der Waals surface area contributed by atoms with Crippen LogP contribution in [0.5, 0.6) is 0 Å². The number of rotatable bonds is 4. The summed E-state index contributed by atoms with van der Waals surface area (Å²) in [4.78, 5) is 3.93. The summed E-state index contributed by atoms with van der Waals surface area (Å²) in [6.07, 6.45) is 4.56. The van der Waals surface area contributed by atoms with E-state index in [4.69, 9.17) is 0 Å². The maximum atomic E-state index is 11.5. The van der Waals surface area contributed by atoms with Gasteiger partial charge in [-0.25, -0.2) is 8.42 Å². The summed E-state index contributed by atoms with van der Waals surface area (Å²) in [5.74, 6) is 0. The van der Waals surface area contributed by atoms with E-state index in [1.165, 1.54) is 6.26 Å². The molecule has 0 unspecified atom stereocenters. The van der Waals surface area contributed by atoms with Crippen molar-refractivity contribution in [1.82, 2.24) is 4.98 Å². The van der Waals surface area contributed by atoms with E-state index in [1.807, 2.05) is 0 Å². The maximum Gasteiger partial charge on any atom is 0.154 e. The van der Waals surface area contributed by atoms with Gasteiger partial charge in [-0.3, -0.25) is 4.98 Å². The van der Waals surface area contributed by atoms with Crippen LogP contribution in [0.3, 0.4) is 0 Å². The second kappa shape index (κ2) is 4.71. The summed E-state index contributed by atoms with van der Waals surface area (Å²) < 4.78 is 23.0. The molecule has 16 heavy (non-hydrogen) atoms. The van der Waals surface area contributed by atoms with Gasteiger partial charge in [0.15, 0.2) is 9.84 Å². The molecular weight excluding hydrogens is 292 g/mol. The van der Waals surface area contributed by atoms with Crippen molar-refractivity contribution in [3.05, 3.63) is 22.9 Å². The highest BCUT2D eigenvalue weighted by Crippen LogP contribution is 2.22. The fourth-order valence-corrected chi connectivity index (χ4v) is 1.68. The lowest BCUT2D eigenvalue weighted by Gasteiger charge is -2.23. The van der Waals surface area contributed by atoms with Gasteiger partial charge in [0.2, 0.25) is 0 Å². The van der Waals surface area contributed by atoms with Gasteiger partial charge in [0.05, 0.1) is 14.9 Å². The van der Waals surface area contributed by atoms with Crippen LogP contribution in [0.4, 0.5) is 5.69 Å². The van der Waals surface area contributed by atoms with Crippen molar-refractivity contribution in [1.29, 1.82) is 0 Å². The van der Waals surface area contributed by atoms with Gasteiger partial charge in [-0.1, -0.05) is 0 Å². The number of nitrogens with zero attached hydrogens (tertiary/aromatic N) is 1. The monoisotopic (exact) mass is 306 g/mol. The second-order valence-electron chi connectivity index (χ2n) is 4.24. The third-order valence-corrected chi connectivity index (χ3v) is 5.26. The summed E-state index contributed by atoms with van der Waals surface area (Å²) in [7, 11) is -3.08. The van der Waals surface area contributed by atoms with Crippen molar-refractivity contribution in [3.63, 3.8) is 0 Å². The molecule has 1 aromatic rings. The van der Waals surface area contributed by atoms with Crippen LogP contribution in [0.25, 0.3) is 0 Å². The molecule has 6 heteroatoms. The standard InChI is InChI=1S/C10H15BrN2O2S/c1-10(2,16(3,14)15)7-13-9-4-5-12-6-8(9)11/h4-6H,7H2,1-3H3,(H,12,13). The second-order valence-corrected chi connectivity index (χ2v) is 7.74. The van der Waals surface area contributed by atoms with E-state index >= 15 is 0 Å². The van der Waals surface area contributed by atoms with E-state index in [2.05, 4.69) is 26.2 Å². The van der Waals surface area contributed by atoms with Crippen LogP contribution in [0.1, 0.15) is 13.8 Å². The molecule has 0 saturated heterocycles. The number of nitrogens with one attached hydrogen (secondary N) is 1. The number of halogens is 1. The van der Waals surface area contributed by atoms with Crippen LogP contribution >= 0.6 is 15.9 Å². The van der Waals surface area contributed by atoms with E-state index in [1.54, 1.807) is 32.3 Å². The molecule has 0 aromatic carbocycles. The Morgan fingerprint density at radius 1 is 1.50 bits per heavy atom. The molecule has 90 valence electrons. The molecule has 0 fully saturated rings. The van der Waals surface area contributed by atoms with Crippen molar-refractivity contribution in [2.45, 2.75) is 18.6 Å². The zero-order valence-electron chi connectivity index (χ0n) is 9.49. The Kier molecular flexibility index (Phi) is 3.96. The fraction of sp³-hybridized carbons (Fsp3) is 0.500. The van der Waals surface area contributed by atoms with Crippen molar-refractivity contribution < 1.29 is 8.42 Å². The molecule has 0 bridgehead atoms. The van der Waals surface area contributed by atoms with Gasteiger partial charge in [0.1, 0.15) is 0 Å². The Balaban J connectivity index is 2.77. The van der Waals surface area contributed by atoms with E-state index < -0.39 is 14.6 Å². The van der Waals surface area contributed by atoms with E-state index in [0.29, 0.717) is 6.54 Å². The zero-order valence-corrected chi connectivity index (χ0v) is 11.9. The average molecular weight is 307 g/mol. The topological polar surface area (TPSA) is 59.1 Å². The lowest BCUT2D eigenvalue weighted by atomic mass is 10.2. The number of anilines is 1. The predicted octanol–water partition coefficient (Wildman–Crippen LogP) is 2.08. The van der Waals surface area contributed by atoms with Gasteiger partial charge in [-0.2, -0.15) is 0 Å². The Morgan fingerprint density at radius 2 is 2.12 bits per heavy atom. The highest BCUT2D eigenvalue weighted by molar-refractivity contribution is 9.10. The van der Waals surface area contributed by atoms with Gasteiger partial charge in [-0.05, 0) is 35.8 Å². The first-order valence-corrected chi connectivity index (χ1v) is 7.45. The molecule has 1 rings (SSSR count). The van der Waals surface area contributed by atoms with Crippen molar-refractivity contribution >= 4 is 31.5 Å². The van der Waals surface area contributed by atoms with Crippen molar-refractivity contribution in [3.8, 4) is 0 Å². The molecule has 1 N–H and O–H groups in total. The molecule has 0 atom stereocenters. The first kappa shape index (κ1) is 13.4. The maximum absolute atomic E-state index is 11.5. The zero-order chi connectivity index (χ0) is 12.4. The van der Waals surface area contributed by atoms with Crippen LogP contribution in [-0.2, 0) is 9.84 Å². The van der Waals surface area contributed by atoms with Gasteiger partial charge < -0.3 is 5.32 Å². The van der Waals surface area contributed by atoms with Crippen LogP contribution < -0.4 is 5.32 Å². The number of sulfone groups is 1. The number of hydrogen-bond donors (Lipinski definition) is 1. The minimum Gasteiger partial charge on any atom is -0.382 e. The van der Waals surface area contributed by atoms with Crippen molar-refractivity contribution in [2.75, 3.05) is 18.1 Å². The lowest BCUT2D eigenvalue weighted by Crippen LogP contribution is -2.38. The minimum absolute atomic E-state index is 0.356. The van der Waals surface area contributed by atoms with Gasteiger partial charge in [0, 0.05) is 25.2 Å². The highest BCUT2D eigenvalue weighted by atomic mass is 79.9. The molecule has 1 heterocycles. The Hall–Kier alpha value is -0.620.